The Labute approximate surface area is 517 Å². The molecule has 6 aromatic heterocycles. The number of aromatic nitrogens is 8. The maximum atomic E-state index is 15.9. The van der Waals surface area contributed by atoms with Crippen LogP contribution in [0.5, 0.6) is 11.5 Å². The molecule has 2 aliphatic heterocycles. The van der Waals surface area contributed by atoms with Crippen LogP contribution in [0.1, 0.15) is 64.8 Å². The number of nitrogens with zero attached hydrogens (tertiary/aromatic N) is 12. The molecule has 4 N–H and O–H groups in total. The number of phenolic OH excluding ortho intramolecular Hbond substituents is 2. The van der Waals surface area contributed by atoms with Crippen LogP contribution in [0.4, 0.5) is 29.2 Å². The standard InChI is InChI=1S/C30H30F2N6O3S.C24H26ClFN6O2S.C6H6BFO3/c1-6-23(40)36-12-13-37(17(4)15-36)28-18-14-20(32)26(24-19(31)8-7-9-21(24)39)34-29(18)38(30(41)35-28)27-22(42-5)10-11-33-25(27)16(2)3;1-6-18(33)30-9-10-31(14(4)12-30)22-15-11-16(26)21(25)28-23(15)32(24(34)29-22)20-17(35-5)7-8-27-19(20)13(2)3;8-4-2-1-3-5(9)6(4)7(10)11/h6-11,14,16-17,39H,1,12-13,15H2,2-5H3;6-8,11,13-14H,1,9-10,12H2,2-5H3;1-3,9-11H/t17-;14-;/m00./s1. The number of hydrogen-bond acceptors (Lipinski definition) is 18. The number of thioether (sulfide) groups is 2. The lowest BCUT2D eigenvalue weighted by atomic mass is 9.79. The maximum absolute atomic E-state index is 15.9. The molecule has 0 spiro atoms. The number of rotatable bonds is 12. The SMILES string of the molecule is C=CC(=O)N1CCN(c2nc(=O)n(-c3c(SC)ccnc3C(C)C)c3nc(-c4c(O)cccc4F)c(F)cc23)[C@@H](C)C1.C=CC(=O)N1CCN(c2nc(=O)n(-c3c(SC)ccnc3C(C)C)c3nc(Cl)c(F)cc23)[C@@H](C)C1.OB(O)c1c(O)cccc1F. The highest BCUT2D eigenvalue weighted by molar-refractivity contribution is 7.99. The summed E-state index contributed by atoms with van der Waals surface area (Å²) in [4.78, 5) is 87.2. The molecule has 10 rings (SSSR count). The Bertz CT molecular complexity index is 4110. The van der Waals surface area contributed by atoms with Crippen molar-refractivity contribution in [1.29, 1.82) is 0 Å². The number of carbonyl (C=O) groups is 2. The van der Waals surface area contributed by atoms with Gasteiger partial charge >= 0.3 is 18.5 Å². The lowest BCUT2D eigenvalue weighted by Gasteiger charge is -2.40. The number of pyridine rings is 4. The van der Waals surface area contributed by atoms with Gasteiger partial charge in [-0.25, -0.2) is 46.3 Å². The topological polar surface area (TPSA) is 249 Å². The number of halogens is 5. The number of benzene rings is 2. The number of piperazine rings is 2. The summed E-state index contributed by atoms with van der Waals surface area (Å²) in [6.45, 7) is 21.0. The van der Waals surface area contributed by atoms with Gasteiger partial charge in [0.05, 0.1) is 44.6 Å². The fourth-order valence-electron chi connectivity index (χ4n) is 10.5. The molecule has 2 atom stereocenters. The van der Waals surface area contributed by atoms with E-state index in [0.29, 0.717) is 73.2 Å². The first kappa shape index (κ1) is 65.6. The Balaban J connectivity index is 0.000000196. The van der Waals surface area contributed by atoms with Crippen LogP contribution in [0.25, 0.3) is 44.7 Å². The van der Waals surface area contributed by atoms with Gasteiger partial charge in [-0.3, -0.25) is 19.6 Å². The first-order valence-electron chi connectivity index (χ1n) is 27.5. The molecule has 8 aromatic rings. The molecule has 2 amide bonds. The molecule has 2 fully saturated rings. The third-order valence-electron chi connectivity index (χ3n) is 14.7. The fraction of sp³-hybridized carbons (Fsp3) is 0.300. The average molecular weight is 1270 g/mol. The van der Waals surface area contributed by atoms with Gasteiger partial charge in [0.2, 0.25) is 11.8 Å². The predicted octanol–water partition coefficient (Wildman–Crippen LogP) is 8.14. The highest BCUT2D eigenvalue weighted by Gasteiger charge is 2.34. The summed E-state index contributed by atoms with van der Waals surface area (Å²) >= 11 is 8.97. The third kappa shape index (κ3) is 13.2. The number of fused-ring (bicyclic) bond motifs is 2. The van der Waals surface area contributed by atoms with E-state index in [1.54, 1.807) is 28.3 Å². The lowest BCUT2D eigenvalue weighted by Crippen LogP contribution is -2.54. The van der Waals surface area contributed by atoms with Crippen molar-refractivity contribution in [2.24, 2.45) is 0 Å². The van der Waals surface area contributed by atoms with Gasteiger partial charge in [-0.05, 0) is 98.9 Å². The largest absolute Gasteiger partial charge is 0.508 e. The second-order valence-electron chi connectivity index (χ2n) is 21.0. The molecule has 2 aliphatic rings. The van der Waals surface area contributed by atoms with Gasteiger partial charge in [-0.1, -0.05) is 64.6 Å². The van der Waals surface area contributed by atoms with E-state index in [1.165, 1.54) is 81.2 Å². The summed E-state index contributed by atoms with van der Waals surface area (Å²) in [5.74, 6) is -4.21. The zero-order valence-electron chi connectivity index (χ0n) is 49.1. The predicted molar refractivity (Wildman–Crippen MR) is 335 cm³/mol. The summed E-state index contributed by atoms with van der Waals surface area (Å²) in [7, 11) is -1.98. The van der Waals surface area contributed by atoms with E-state index >= 15 is 4.39 Å². The van der Waals surface area contributed by atoms with E-state index in [1.807, 2.05) is 69.9 Å². The number of hydrogen-bond donors (Lipinski definition) is 4. The summed E-state index contributed by atoms with van der Waals surface area (Å²) in [6, 6.07) is 12.7. The molecule has 0 saturated carbocycles. The van der Waals surface area contributed by atoms with Crippen molar-refractivity contribution in [2.45, 2.75) is 75.3 Å². The molecule has 2 aromatic carbocycles. The molecule has 20 nitrogen and oxygen atoms in total. The molecule has 0 bridgehead atoms. The summed E-state index contributed by atoms with van der Waals surface area (Å²) in [5.41, 5.74) is -0.0508. The van der Waals surface area contributed by atoms with Crippen molar-refractivity contribution in [2.75, 3.05) is 61.6 Å². The zero-order chi connectivity index (χ0) is 64.2. The Hall–Kier alpha value is -8.37. The normalized spacial score (nSPS) is 15.1. The third-order valence-corrected chi connectivity index (χ3v) is 16.5. The van der Waals surface area contributed by atoms with E-state index in [2.05, 4.69) is 43.1 Å². The fourth-order valence-corrected chi connectivity index (χ4v) is 11.8. The smallest absolute Gasteiger partial charge is 0.495 e. The van der Waals surface area contributed by atoms with Crippen molar-refractivity contribution < 1.29 is 47.4 Å². The Morgan fingerprint density at radius 3 is 1.49 bits per heavy atom. The molecule has 88 heavy (non-hydrogen) atoms. The number of amides is 2. The summed E-state index contributed by atoms with van der Waals surface area (Å²) < 4.78 is 60.8. The van der Waals surface area contributed by atoms with Crippen molar-refractivity contribution in [3.63, 3.8) is 0 Å². The average Bonchev–Trinajstić information content (AvgIpc) is 1.17. The second-order valence-corrected chi connectivity index (χ2v) is 23.0. The van der Waals surface area contributed by atoms with Crippen LogP contribution in [0.15, 0.2) is 118 Å². The van der Waals surface area contributed by atoms with Crippen LogP contribution in [0, 0.1) is 23.3 Å². The summed E-state index contributed by atoms with van der Waals surface area (Å²) in [5, 5.41) is 36.7. The first-order valence-corrected chi connectivity index (χ1v) is 30.4. The Morgan fingerprint density at radius 1 is 0.648 bits per heavy atom. The first-order chi connectivity index (χ1) is 41.9. The molecule has 0 unspecified atom stereocenters. The van der Waals surface area contributed by atoms with Crippen molar-refractivity contribution in [3.8, 4) is 34.1 Å². The minimum atomic E-state index is -1.98. The Kier molecular flexibility index (Phi) is 20.7. The zero-order valence-corrected chi connectivity index (χ0v) is 51.5. The van der Waals surface area contributed by atoms with Crippen LogP contribution in [-0.4, -0.2) is 152 Å². The molecular weight excluding hydrogens is 1200 g/mol. The van der Waals surface area contributed by atoms with Gasteiger partial charge < -0.3 is 39.9 Å². The van der Waals surface area contributed by atoms with Gasteiger partial charge in [-0.15, -0.1) is 23.5 Å². The van der Waals surface area contributed by atoms with Gasteiger partial charge in [0.25, 0.3) is 0 Å². The molecular formula is C60H62BClF4N12O8S2. The number of aromatic hydroxyl groups is 2. The van der Waals surface area contributed by atoms with Crippen LogP contribution in [-0.2, 0) is 9.59 Å². The molecule has 2 saturated heterocycles. The molecule has 0 radical (unpaired) electrons. The quantitative estimate of drug-likeness (QED) is 0.0296. The van der Waals surface area contributed by atoms with Gasteiger partial charge in [0.15, 0.2) is 28.1 Å². The van der Waals surface area contributed by atoms with E-state index in [9.17, 15) is 37.5 Å². The molecule has 28 heteroatoms. The van der Waals surface area contributed by atoms with Crippen LogP contribution >= 0.6 is 35.1 Å². The van der Waals surface area contributed by atoms with Gasteiger partial charge in [0, 0.05) is 73.5 Å². The van der Waals surface area contributed by atoms with Crippen molar-refractivity contribution in [1.82, 2.24) is 48.8 Å². The summed E-state index contributed by atoms with van der Waals surface area (Å²) in [6.07, 6.45) is 9.65. The van der Waals surface area contributed by atoms with Crippen LogP contribution in [0.2, 0.25) is 5.15 Å². The van der Waals surface area contributed by atoms with Crippen LogP contribution in [0.3, 0.4) is 0 Å². The van der Waals surface area contributed by atoms with Gasteiger partial charge in [-0.2, -0.15) is 9.97 Å². The maximum Gasteiger partial charge on any atom is 0.495 e. The molecule has 8 heterocycles. The van der Waals surface area contributed by atoms with Gasteiger partial charge in [0.1, 0.15) is 40.5 Å². The van der Waals surface area contributed by atoms with Crippen molar-refractivity contribution >= 4 is 93.2 Å². The van der Waals surface area contributed by atoms with E-state index in [0.717, 1.165) is 21.9 Å². The minimum Gasteiger partial charge on any atom is -0.508 e. The monoisotopic (exact) mass is 1260 g/mol. The van der Waals surface area contributed by atoms with Crippen LogP contribution < -0.4 is 26.6 Å². The minimum absolute atomic E-state index is 0.00476. The van der Waals surface area contributed by atoms with Crippen molar-refractivity contribution in [3.05, 3.63) is 159 Å². The number of phenols is 2. The molecule has 0 aliphatic carbocycles. The lowest BCUT2D eigenvalue weighted by molar-refractivity contribution is -0.127. The Morgan fingerprint density at radius 2 is 1.09 bits per heavy atom. The number of anilines is 2. The second kappa shape index (κ2) is 27.8. The highest BCUT2D eigenvalue weighted by atomic mass is 35.5. The number of carbonyl (C=O) groups excluding carboxylic acids is 2. The van der Waals surface area contributed by atoms with E-state index in [4.69, 9.17) is 26.8 Å². The van der Waals surface area contributed by atoms with E-state index < -0.39 is 70.0 Å². The molecule has 460 valence electrons. The van der Waals surface area contributed by atoms with E-state index in [-0.39, 0.29) is 63.4 Å². The highest BCUT2D eigenvalue weighted by Crippen LogP contribution is 2.39.